The number of nitrogens with one attached hydrogen (secondary N) is 1. The monoisotopic (exact) mass is 219 g/mol. The van der Waals surface area contributed by atoms with Gasteiger partial charge < -0.3 is 11.1 Å². The topological polar surface area (TPSA) is 50.9 Å². The molecule has 0 saturated heterocycles. The van der Waals surface area contributed by atoms with Gasteiger partial charge in [-0.25, -0.2) is 4.98 Å². The van der Waals surface area contributed by atoms with Gasteiger partial charge in [0.2, 0.25) is 0 Å². The predicted molar refractivity (Wildman–Crippen MR) is 52.4 cm³/mol. The summed E-state index contributed by atoms with van der Waals surface area (Å²) in [6.07, 6.45) is -3.63. The van der Waals surface area contributed by atoms with Crippen LogP contribution in [0.25, 0.3) is 0 Å². The van der Waals surface area contributed by atoms with Crippen molar-refractivity contribution < 1.29 is 13.2 Å². The fourth-order valence-electron chi connectivity index (χ4n) is 1.17. The van der Waals surface area contributed by atoms with Gasteiger partial charge in [0.15, 0.2) is 0 Å². The summed E-state index contributed by atoms with van der Waals surface area (Å²) in [6, 6.07) is 2.45. The first-order valence-electron chi connectivity index (χ1n) is 4.42. The number of pyridine rings is 1. The van der Waals surface area contributed by atoms with Crippen LogP contribution in [0.5, 0.6) is 0 Å². The molecule has 0 fully saturated rings. The molecule has 0 amide bonds. The maximum Gasteiger partial charge on any atom is 0.391 e. The van der Waals surface area contributed by atoms with Crippen LogP contribution in [0.1, 0.15) is 13.3 Å². The Morgan fingerprint density at radius 1 is 1.53 bits per heavy atom. The van der Waals surface area contributed by atoms with Gasteiger partial charge in [0, 0.05) is 12.2 Å². The van der Waals surface area contributed by atoms with E-state index >= 15 is 0 Å². The van der Waals surface area contributed by atoms with E-state index in [9.17, 15) is 13.2 Å². The fourth-order valence-corrected chi connectivity index (χ4v) is 1.17. The molecule has 1 aromatic rings. The van der Waals surface area contributed by atoms with E-state index in [2.05, 4.69) is 10.3 Å². The molecule has 15 heavy (non-hydrogen) atoms. The molecule has 0 bridgehead atoms. The van der Waals surface area contributed by atoms with Gasteiger partial charge in [0.1, 0.15) is 5.82 Å². The molecule has 0 aliphatic rings. The highest BCUT2D eigenvalue weighted by molar-refractivity contribution is 5.60. The first-order chi connectivity index (χ1) is 6.88. The number of halogens is 3. The molecule has 0 saturated carbocycles. The van der Waals surface area contributed by atoms with Crippen LogP contribution in [0.3, 0.4) is 0 Å². The molecule has 1 aromatic heterocycles. The minimum atomic E-state index is -4.18. The van der Waals surface area contributed by atoms with E-state index in [-0.39, 0.29) is 5.82 Å². The van der Waals surface area contributed by atoms with Gasteiger partial charge in [-0.2, -0.15) is 13.2 Å². The summed E-state index contributed by atoms with van der Waals surface area (Å²) < 4.78 is 36.1. The predicted octanol–water partition coefficient (Wildman–Crippen LogP) is 2.42. The summed E-state index contributed by atoms with van der Waals surface area (Å²) in [4.78, 5) is 3.84. The quantitative estimate of drug-likeness (QED) is 0.820. The Labute approximate surface area is 85.5 Å². The normalized spacial score (nSPS) is 13.6. The second-order valence-corrected chi connectivity index (χ2v) is 3.31. The number of rotatable bonds is 3. The number of alkyl halides is 3. The van der Waals surface area contributed by atoms with E-state index in [1.54, 1.807) is 12.1 Å². The van der Waals surface area contributed by atoms with Gasteiger partial charge in [-0.05, 0) is 19.1 Å². The molecule has 1 rings (SSSR count). The smallest absolute Gasteiger partial charge is 0.391 e. The summed E-state index contributed by atoms with van der Waals surface area (Å²) >= 11 is 0. The average molecular weight is 219 g/mol. The highest BCUT2D eigenvalue weighted by Crippen LogP contribution is 2.24. The molecule has 0 aliphatic carbocycles. The zero-order chi connectivity index (χ0) is 11.5. The standard InChI is InChI=1S/C9H12F3N3/c1-6(5-9(10,11)12)15-8-7(13)3-2-4-14-8/h2-4,6H,5,13H2,1H3,(H,14,15). The van der Waals surface area contributed by atoms with E-state index in [0.717, 1.165) is 0 Å². The summed E-state index contributed by atoms with van der Waals surface area (Å²) in [5, 5.41) is 2.61. The number of hydrogen-bond acceptors (Lipinski definition) is 3. The largest absolute Gasteiger partial charge is 0.396 e. The number of nitrogens with zero attached hydrogens (tertiary/aromatic N) is 1. The number of nitrogen functional groups attached to an aromatic ring is 1. The van der Waals surface area contributed by atoms with Crippen molar-refractivity contribution in [3.8, 4) is 0 Å². The van der Waals surface area contributed by atoms with Crippen molar-refractivity contribution >= 4 is 11.5 Å². The van der Waals surface area contributed by atoms with E-state index in [1.807, 2.05) is 0 Å². The molecule has 0 aromatic carbocycles. The van der Waals surface area contributed by atoms with Crippen LogP contribution >= 0.6 is 0 Å². The van der Waals surface area contributed by atoms with Crippen LogP contribution in [0.4, 0.5) is 24.7 Å². The van der Waals surface area contributed by atoms with Crippen molar-refractivity contribution in [3.05, 3.63) is 18.3 Å². The SMILES string of the molecule is CC(CC(F)(F)F)Nc1ncccc1N. The van der Waals surface area contributed by atoms with Crippen molar-refractivity contribution in [2.24, 2.45) is 0 Å². The van der Waals surface area contributed by atoms with Gasteiger partial charge >= 0.3 is 6.18 Å². The maximum absolute atomic E-state index is 12.0. The van der Waals surface area contributed by atoms with E-state index in [4.69, 9.17) is 5.73 Å². The van der Waals surface area contributed by atoms with E-state index < -0.39 is 18.6 Å². The molecular weight excluding hydrogens is 207 g/mol. The third-order valence-electron chi connectivity index (χ3n) is 1.76. The molecule has 0 spiro atoms. The van der Waals surface area contributed by atoms with Gasteiger partial charge in [0.25, 0.3) is 0 Å². The van der Waals surface area contributed by atoms with Gasteiger partial charge in [-0.3, -0.25) is 0 Å². The zero-order valence-electron chi connectivity index (χ0n) is 8.17. The minimum Gasteiger partial charge on any atom is -0.396 e. The lowest BCUT2D eigenvalue weighted by atomic mass is 10.2. The number of aromatic nitrogens is 1. The Morgan fingerprint density at radius 2 is 2.20 bits per heavy atom. The van der Waals surface area contributed by atoms with Crippen molar-refractivity contribution in [3.63, 3.8) is 0 Å². The summed E-state index contributed by atoms with van der Waals surface area (Å²) in [6.45, 7) is 1.43. The van der Waals surface area contributed by atoms with E-state index in [1.165, 1.54) is 13.1 Å². The molecule has 3 N–H and O–H groups in total. The first kappa shape index (κ1) is 11.6. The summed E-state index contributed by atoms with van der Waals surface area (Å²) in [7, 11) is 0. The molecule has 0 radical (unpaired) electrons. The Hall–Kier alpha value is -1.46. The average Bonchev–Trinajstić information content (AvgIpc) is 2.05. The van der Waals surface area contributed by atoms with Gasteiger partial charge in [-0.1, -0.05) is 0 Å². The highest BCUT2D eigenvalue weighted by atomic mass is 19.4. The second-order valence-electron chi connectivity index (χ2n) is 3.31. The van der Waals surface area contributed by atoms with Gasteiger partial charge in [-0.15, -0.1) is 0 Å². The molecule has 84 valence electrons. The molecule has 1 heterocycles. The highest BCUT2D eigenvalue weighted by Gasteiger charge is 2.30. The van der Waals surface area contributed by atoms with Crippen LogP contribution in [0.15, 0.2) is 18.3 Å². The third kappa shape index (κ3) is 4.05. The molecule has 6 heteroatoms. The number of anilines is 2. The Morgan fingerprint density at radius 3 is 2.73 bits per heavy atom. The zero-order valence-corrected chi connectivity index (χ0v) is 8.17. The molecular formula is C9H12F3N3. The molecule has 1 atom stereocenters. The number of hydrogen-bond donors (Lipinski definition) is 2. The Kier molecular flexibility index (Phi) is 3.39. The molecule has 3 nitrogen and oxygen atoms in total. The van der Waals surface area contributed by atoms with Crippen molar-refractivity contribution in [2.45, 2.75) is 25.6 Å². The van der Waals surface area contributed by atoms with Crippen molar-refractivity contribution in [1.82, 2.24) is 4.98 Å². The van der Waals surface area contributed by atoms with Crippen LogP contribution < -0.4 is 11.1 Å². The molecule has 1 unspecified atom stereocenters. The first-order valence-corrected chi connectivity index (χ1v) is 4.42. The number of nitrogens with two attached hydrogens (primary N) is 1. The van der Waals surface area contributed by atoms with Crippen LogP contribution in [-0.2, 0) is 0 Å². The Balaban J connectivity index is 2.59. The van der Waals surface area contributed by atoms with Crippen molar-refractivity contribution in [1.29, 1.82) is 0 Å². The fraction of sp³-hybridized carbons (Fsp3) is 0.444. The summed E-state index contributed by atoms with van der Waals surface area (Å²) in [5.41, 5.74) is 5.87. The lowest BCUT2D eigenvalue weighted by molar-refractivity contribution is -0.136. The van der Waals surface area contributed by atoms with Crippen molar-refractivity contribution in [2.75, 3.05) is 11.1 Å². The molecule has 0 aliphatic heterocycles. The second kappa shape index (κ2) is 4.37. The van der Waals surface area contributed by atoms with E-state index in [0.29, 0.717) is 5.69 Å². The van der Waals surface area contributed by atoms with Crippen LogP contribution in [-0.4, -0.2) is 17.2 Å². The lowest BCUT2D eigenvalue weighted by Gasteiger charge is -2.17. The lowest BCUT2D eigenvalue weighted by Crippen LogP contribution is -2.24. The van der Waals surface area contributed by atoms with Crippen LogP contribution in [0.2, 0.25) is 0 Å². The summed E-state index contributed by atoms with van der Waals surface area (Å²) in [5.74, 6) is 0.286. The van der Waals surface area contributed by atoms with Gasteiger partial charge in [0.05, 0.1) is 12.1 Å². The van der Waals surface area contributed by atoms with Crippen LogP contribution in [0, 0.1) is 0 Å². The minimum absolute atomic E-state index is 0.286. The third-order valence-corrected chi connectivity index (χ3v) is 1.76. The maximum atomic E-state index is 12.0. The Bertz CT molecular complexity index is 325.